The Bertz CT molecular complexity index is 232. The fourth-order valence-corrected chi connectivity index (χ4v) is 1.11. The lowest BCUT2D eigenvalue weighted by atomic mass is 10.0. The molecule has 1 unspecified atom stereocenters. The summed E-state index contributed by atoms with van der Waals surface area (Å²) in [7, 11) is 1.39. The second kappa shape index (κ2) is 6.31. The van der Waals surface area contributed by atoms with Gasteiger partial charge in [-0.05, 0) is 12.3 Å². The minimum Gasteiger partial charge on any atom is -0.357 e. The molecule has 0 radical (unpaired) electrons. The van der Waals surface area contributed by atoms with Gasteiger partial charge < -0.3 is 10.6 Å². The molecule has 0 aliphatic carbocycles. The number of nitrogens with one attached hydrogen (secondary N) is 2. The quantitative estimate of drug-likeness (QED) is 0.712. The van der Waals surface area contributed by atoms with Gasteiger partial charge in [0.2, 0.25) is 5.91 Å². The van der Waals surface area contributed by atoms with Gasteiger partial charge in [-0.15, -0.1) is 0 Å². The molecule has 0 aromatic carbocycles. The number of alkyl halides is 2. The average Bonchev–Trinajstić information content (AvgIpc) is 2.14. The van der Waals surface area contributed by atoms with E-state index in [4.69, 9.17) is 0 Å². The number of hydrogen-bond donors (Lipinski definition) is 2. The van der Waals surface area contributed by atoms with Gasteiger partial charge in [-0.1, -0.05) is 13.8 Å². The second-order valence-electron chi connectivity index (χ2n) is 3.61. The van der Waals surface area contributed by atoms with Crippen LogP contribution in [0, 0.1) is 5.92 Å². The van der Waals surface area contributed by atoms with E-state index in [0.717, 1.165) is 0 Å². The molecule has 0 aliphatic heterocycles. The van der Waals surface area contributed by atoms with Crippen molar-refractivity contribution in [3.05, 3.63) is 0 Å². The van der Waals surface area contributed by atoms with E-state index in [1.165, 1.54) is 7.05 Å². The van der Waals surface area contributed by atoms with Crippen LogP contribution in [0.3, 0.4) is 0 Å². The molecule has 0 aliphatic rings. The number of carbonyl (C=O) groups is 2. The SMILES string of the molecule is CNC(=O)C(CC(C)C)NC(=O)C(F)F. The standard InChI is InChI=1S/C9H16F2N2O2/c1-5(2)4-6(8(14)12-3)13-9(15)7(10)11/h5-7H,4H2,1-3H3,(H,12,14)(H,13,15). The number of amides is 2. The Morgan fingerprint density at radius 2 is 1.73 bits per heavy atom. The van der Waals surface area contributed by atoms with Crippen LogP contribution in [-0.2, 0) is 9.59 Å². The summed E-state index contributed by atoms with van der Waals surface area (Å²) in [4.78, 5) is 21.9. The number of hydrogen-bond acceptors (Lipinski definition) is 2. The van der Waals surface area contributed by atoms with Gasteiger partial charge in [0, 0.05) is 7.05 Å². The highest BCUT2D eigenvalue weighted by atomic mass is 19.3. The molecule has 0 saturated carbocycles. The molecule has 0 rings (SSSR count). The molecule has 0 spiro atoms. The first kappa shape index (κ1) is 13.8. The van der Waals surface area contributed by atoms with Gasteiger partial charge in [-0.25, -0.2) is 0 Å². The molecular formula is C9H16F2N2O2. The van der Waals surface area contributed by atoms with E-state index < -0.39 is 24.3 Å². The van der Waals surface area contributed by atoms with Crippen LogP contribution in [0.4, 0.5) is 8.78 Å². The Balaban J connectivity index is 4.37. The van der Waals surface area contributed by atoms with Crippen molar-refractivity contribution in [1.29, 1.82) is 0 Å². The Morgan fingerprint density at radius 1 is 1.20 bits per heavy atom. The summed E-state index contributed by atoms with van der Waals surface area (Å²) in [6.07, 6.45) is -2.76. The fourth-order valence-electron chi connectivity index (χ4n) is 1.11. The molecule has 15 heavy (non-hydrogen) atoms. The lowest BCUT2D eigenvalue weighted by Gasteiger charge is -2.18. The third-order valence-electron chi connectivity index (χ3n) is 1.78. The summed E-state index contributed by atoms with van der Waals surface area (Å²) in [5, 5.41) is 4.31. The summed E-state index contributed by atoms with van der Waals surface area (Å²) >= 11 is 0. The van der Waals surface area contributed by atoms with Gasteiger partial charge >= 0.3 is 6.43 Å². The van der Waals surface area contributed by atoms with E-state index in [0.29, 0.717) is 6.42 Å². The van der Waals surface area contributed by atoms with Crippen LogP contribution in [0.5, 0.6) is 0 Å². The third-order valence-corrected chi connectivity index (χ3v) is 1.78. The number of halogens is 2. The summed E-state index contributed by atoms with van der Waals surface area (Å²) in [5.41, 5.74) is 0. The fraction of sp³-hybridized carbons (Fsp3) is 0.778. The van der Waals surface area contributed by atoms with Gasteiger partial charge in [0.05, 0.1) is 0 Å². The highest BCUT2D eigenvalue weighted by molar-refractivity contribution is 5.88. The molecule has 0 saturated heterocycles. The highest BCUT2D eigenvalue weighted by Gasteiger charge is 2.24. The Labute approximate surface area is 87.4 Å². The Morgan fingerprint density at radius 3 is 2.07 bits per heavy atom. The minimum absolute atomic E-state index is 0.130. The van der Waals surface area contributed by atoms with Crippen LogP contribution >= 0.6 is 0 Å². The van der Waals surface area contributed by atoms with Crippen molar-refractivity contribution in [2.75, 3.05) is 7.05 Å². The van der Waals surface area contributed by atoms with Crippen molar-refractivity contribution in [3.63, 3.8) is 0 Å². The predicted octanol–water partition coefficient (Wildman–Crippen LogP) is 0.528. The van der Waals surface area contributed by atoms with Crippen molar-refractivity contribution >= 4 is 11.8 Å². The van der Waals surface area contributed by atoms with Gasteiger partial charge in [0.1, 0.15) is 6.04 Å². The highest BCUT2D eigenvalue weighted by Crippen LogP contribution is 2.05. The van der Waals surface area contributed by atoms with Gasteiger partial charge in [-0.2, -0.15) is 8.78 Å². The normalized spacial score (nSPS) is 12.7. The summed E-state index contributed by atoms with van der Waals surface area (Å²) in [5.74, 6) is -1.74. The lowest BCUT2D eigenvalue weighted by Crippen LogP contribution is -2.48. The number of likely N-dealkylation sites (N-methyl/N-ethyl adjacent to an activating group) is 1. The van der Waals surface area contributed by atoms with Gasteiger partial charge in [0.25, 0.3) is 5.91 Å². The molecule has 0 bridgehead atoms. The molecule has 0 heterocycles. The van der Waals surface area contributed by atoms with Crippen molar-refractivity contribution in [2.45, 2.75) is 32.7 Å². The largest absolute Gasteiger partial charge is 0.357 e. The predicted molar refractivity (Wildman–Crippen MR) is 51.5 cm³/mol. The molecule has 0 aromatic heterocycles. The molecule has 6 heteroatoms. The third kappa shape index (κ3) is 5.29. The molecule has 2 N–H and O–H groups in total. The van der Waals surface area contributed by atoms with Crippen molar-refractivity contribution in [2.24, 2.45) is 5.92 Å². The van der Waals surface area contributed by atoms with Crippen LogP contribution in [0.15, 0.2) is 0 Å². The van der Waals surface area contributed by atoms with E-state index >= 15 is 0 Å². The van der Waals surface area contributed by atoms with E-state index in [9.17, 15) is 18.4 Å². The van der Waals surface area contributed by atoms with Crippen molar-refractivity contribution < 1.29 is 18.4 Å². The summed E-state index contributed by atoms with van der Waals surface area (Å²) in [6, 6.07) is -0.892. The van der Waals surface area contributed by atoms with Crippen LogP contribution in [0.1, 0.15) is 20.3 Å². The second-order valence-corrected chi connectivity index (χ2v) is 3.61. The summed E-state index contributed by atoms with van der Waals surface area (Å²) in [6.45, 7) is 3.68. The van der Waals surface area contributed by atoms with Crippen LogP contribution in [0.25, 0.3) is 0 Å². The van der Waals surface area contributed by atoms with E-state index in [2.05, 4.69) is 5.32 Å². The first-order valence-electron chi connectivity index (χ1n) is 4.68. The van der Waals surface area contributed by atoms with Gasteiger partial charge in [0.15, 0.2) is 0 Å². The zero-order valence-corrected chi connectivity index (χ0v) is 9.01. The number of rotatable bonds is 5. The van der Waals surface area contributed by atoms with E-state index in [1.807, 2.05) is 19.2 Å². The van der Waals surface area contributed by atoms with Gasteiger partial charge in [-0.3, -0.25) is 9.59 Å². The topological polar surface area (TPSA) is 58.2 Å². The average molecular weight is 222 g/mol. The van der Waals surface area contributed by atoms with Crippen LogP contribution in [0.2, 0.25) is 0 Å². The minimum atomic E-state index is -3.09. The smallest absolute Gasteiger partial charge is 0.315 e. The Hall–Kier alpha value is -1.20. The first-order valence-corrected chi connectivity index (χ1v) is 4.68. The summed E-state index contributed by atoms with van der Waals surface area (Å²) < 4.78 is 23.9. The van der Waals surface area contributed by atoms with E-state index in [-0.39, 0.29) is 5.92 Å². The van der Waals surface area contributed by atoms with E-state index in [1.54, 1.807) is 0 Å². The maximum absolute atomic E-state index is 11.9. The molecule has 2 amide bonds. The Kier molecular flexibility index (Phi) is 5.81. The number of carbonyl (C=O) groups excluding carboxylic acids is 2. The maximum atomic E-state index is 11.9. The molecular weight excluding hydrogens is 206 g/mol. The molecule has 1 atom stereocenters. The zero-order chi connectivity index (χ0) is 12.0. The zero-order valence-electron chi connectivity index (χ0n) is 9.01. The van der Waals surface area contributed by atoms with Crippen LogP contribution in [-0.4, -0.2) is 31.3 Å². The lowest BCUT2D eigenvalue weighted by molar-refractivity contribution is -0.136. The van der Waals surface area contributed by atoms with Crippen molar-refractivity contribution in [3.8, 4) is 0 Å². The molecule has 0 aromatic rings. The first-order chi connectivity index (χ1) is 6.88. The molecule has 4 nitrogen and oxygen atoms in total. The van der Waals surface area contributed by atoms with Crippen molar-refractivity contribution in [1.82, 2.24) is 10.6 Å². The molecule has 88 valence electrons. The maximum Gasteiger partial charge on any atom is 0.315 e. The van der Waals surface area contributed by atoms with Crippen LogP contribution < -0.4 is 10.6 Å². The monoisotopic (exact) mass is 222 g/mol. The molecule has 0 fully saturated rings.